The summed E-state index contributed by atoms with van der Waals surface area (Å²) in [6.07, 6.45) is 1.97. The highest BCUT2D eigenvalue weighted by molar-refractivity contribution is 5.89. The average molecular weight is 394 g/mol. The van der Waals surface area contributed by atoms with E-state index in [1.165, 1.54) is 7.11 Å². The number of ether oxygens (including phenoxy) is 1. The van der Waals surface area contributed by atoms with Crippen LogP contribution in [0.4, 0.5) is 0 Å². The highest BCUT2D eigenvalue weighted by Gasteiger charge is 2.28. The number of carbonyl (C=O) groups excluding carboxylic acids is 3. The van der Waals surface area contributed by atoms with Gasteiger partial charge in [0.25, 0.3) is 0 Å². The monoisotopic (exact) mass is 394 g/mol. The topological polar surface area (TPSA) is 75.7 Å². The number of hydrogen-bond acceptors (Lipinski definition) is 4. The van der Waals surface area contributed by atoms with Crippen LogP contribution < -0.4 is 5.32 Å². The SMILES string of the molecule is COC(=O)c1ccc(CNC(=O)C2CCCN(C(=O)Cc3ccccc3)C2)cc1. The number of hydrogen-bond donors (Lipinski definition) is 1. The summed E-state index contributed by atoms with van der Waals surface area (Å²) in [4.78, 5) is 38.5. The fourth-order valence-electron chi connectivity index (χ4n) is 3.51. The van der Waals surface area contributed by atoms with Gasteiger partial charge in [0.1, 0.15) is 0 Å². The number of carbonyl (C=O) groups is 3. The lowest BCUT2D eigenvalue weighted by Crippen LogP contribution is -2.45. The minimum Gasteiger partial charge on any atom is -0.465 e. The third kappa shape index (κ3) is 5.67. The molecule has 1 aliphatic rings. The molecule has 0 aromatic heterocycles. The Hall–Kier alpha value is -3.15. The van der Waals surface area contributed by atoms with Gasteiger partial charge in [0.15, 0.2) is 0 Å². The fraction of sp³-hybridized carbons (Fsp3) is 0.348. The van der Waals surface area contributed by atoms with Crippen LogP contribution in [0.1, 0.15) is 34.3 Å². The highest BCUT2D eigenvalue weighted by Crippen LogP contribution is 2.18. The maximum absolute atomic E-state index is 12.6. The number of methoxy groups -OCH3 is 1. The van der Waals surface area contributed by atoms with Gasteiger partial charge in [-0.05, 0) is 36.1 Å². The number of benzene rings is 2. The molecular weight excluding hydrogens is 368 g/mol. The molecule has 1 fully saturated rings. The van der Waals surface area contributed by atoms with E-state index in [-0.39, 0.29) is 23.7 Å². The number of nitrogens with zero attached hydrogens (tertiary/aromatic N) is 1. The van der Waals surface area contributed by atoms with Gasteiger partial charge in [0.2, 0.25) is 11.8 Å². The maximum Gasteiger partial charge on any atom is 0.337 e. The second kappa shape index (κ2) is 9.87. The van der Waals surface area contributed by atoms with Crippen molar-refractivity contribution in [3.05, 3.63) is 71.3 Å². The van der Waals surface area contributed by atoms with E-state index in [2.05, 4.69) is 10.1 Å². The molecule has 152 valence electrons. The second-order valence-electron chi connectivity index (χ2n) is 7.25. The fourth-order valence-corrected chi connectivity index (χ4v) is 3.51. The van der Waals surface area contributed by atoms with Crippen LogP contribution in [0.15, 0.2) is 54.6 Å². The number of nitrogens with one attached hydrogen (secondary N) is 1. The summed E-state index contributed by atoms with van der Waals surface area (Å²) >= 11 is 0. The first kappa shape index (κ1) is 20.6. The van der Waals surface area contributed by atoms with Gasteiger partial charge in [-0.1, -0.05) is 42.5 Å². The third-order valence-corrected chi connectivity index (χ3v) is 5.18. The van der Waals surface area contributed by atoms with Crippen LogP contribution in [-0.2, 0) is 27.3 Å². The smallest absolute Gasteiger partial charge is 0.337 e. The van der Waals surface area contributed by atoms with Crippen molar-refractivity contribution in [2.24, 2.45) is 5.92 Å². The highest BCUT2D eigenvalue weighted by atomic mass is 16.5. The minimum absolute atomic E-state index is 0.0424. The lowest BCUT2D eigenvalue weighted by atomic mass is 9.96. The molecule has 6 nitrogen and oxygen atoms in total. The summed E-state index contributed by atoms with van der Waals surface area (Å²) < 4.78 is 4.68. The lowest BCUT2D eigenvalue weighted by molar-refractivity contribution is -0.135. The Labute approximate surface area is 170 Å². The molecule has 1 heterocycles. The van der Waals surface area contributed by atoms with Crippen LogP contribution in [0.2, 0.25) is 0 Å². The van der Waals surface area contributed by atoms with E-state index in [4.69, 9.17) is 0 Å². The summed E-state index contributed by atoms with van der Waals surface area (Å²) in [6, 6.07) is 16.6. The molecule has 29 heavy (non-hydrogen) atoms. The minimum atomic E-state index is -0.386. The Kier molecular flexibility index (Phi) is 7.00. The molecule has 2 amide bonds. The van der Waals surface area contributed by atoms with Crippen LogP contribution in [0.3, 0.4) is 0 Å². The van der Waals surface area contributed by atoms with E-state index < -0.39 is 0 Å². The van der Waals surface area contributed by atoms with E-state index in [9.17, 15) is 14.4 Å². The lowest BCUT2D eigenvalue weighted by Gasteiger charge is -2.32. The molecule has 2 aromatic carbocycles. The predicted octanol–water partition coefficient (Wildman–Crippen LogP) is 2.57. The zero-order valence-electron chi connectivity index (χ0n) is 16.6. The van der Waals surface area contributed by atoms with Gasteiger partial charge in [-0.15, -0.1) is 0 Å². The molecule has 1 saturated heterocycles. The van der Waals surface area contributed by atoms with Crippen LogP contribution in [0.5, 0.6) is 0 Å². The zero-order chi connectivity index (χ0) is 20.6. The number of amides is 2. The molecule has 0 radical (unpaired) electrons. The first-order valence-corrected chi connectivity index (χ1v) is 9.83. The van der Waals surface area contributed by atoms with E-state index in [1.54, 1.807) is 29.2 Å². The Morgan fingerprint density at radius 1 is 1.03 bits per heavy atom. The molecular formula is C23H26N2O4. The van der Waals surface area contributed by atoms with Crippen molar-refractivity contribution in [2.45, 2.75) is 25.8 Å². The molecule has 1 unspecified atom stereocenters. The van der Waals surface area contributed by atoms with Crippen molar-refractivity contribution >= 4 is 17.8 Å². The molecule has 0 spiro atoms. The average Bonchev–Trinajstić information content (AvgIpc) is 2.78. The molecule has 3 rings (SSSR count). The Morgan fingerprint density at radius 3 is 2.45 bits per heavy atom. The number of rotatable bonds is 6. The number of esters is 1. The van der Waals surface area contributed by atoms with Crippen LogP contribution in [0, 0.1) is 5.92 Å². The zero-order valence-corrected chi connectivity index (χ0v) is 16.6. The molecule has 0 bridgehead atoms. The summed E-state index contributed by atoms with van der Waals surface area (Å²) in [5, 5.41) is 2.95. The normalized spacial score (nSPS) is 16.2. The second-order valence-corrected chi connectivity index (χ2v) is 7.25. The van der Waals surface area contributed by atoms with Gasteiger partial charge in [0, 0.05) is 19.6 Å². The Balaban J connectivity index is 1.50. The maximum atomic E-state index is 12.6. The van der Waals surface area contributed by atoms with E-state index in [0.29, 0.717) is 31.6 Å². The van der Waals surface area contributed by atoms with Gasteiger partial charge in [-0.25, -0.2) is 4.79 Å². The predicted molar refractivity (Wildman–Crippen MR) is 109 cm³/mol. The molecule has 0 saturated carbocycles. The standard InChI is InChI=1S/C23H26N2O4/c1-29-23(28)19-11-9-18(10-12-19)15-24-22(27)20-8-5-13-25(16-20)21(26)14-17-6-3-2-4-7-17/h2-4,6-7,9-12,20H,5,8,13-16H2,1H3,(H,24,27). The third-order valence-electron chi connectivity index (χ3n) is 5.18. The largest absolute Gasteiger partial charge is 0.465 e. The molecule has 1 aliphatic heterocycles. The van der Waals surface area contributed by atoms with Gasteiger partial charge < -0.3 is 15.0 Å². The van der Waals surface area contributed by atoms with Gasteiger partial charge in [-0.3, -0.25) is 9.59 Å². The first-order valence-electron chi connectivity index (χ1n) is 9.83. The molecule has 1 atom stereocenters. The van der Waals surface area contributed by atoms with Crippen molar-refractivity contribution in [1.29, 1.82) is 0 Å². The summed E-state index contributed by atoms with van der Waals surface area (Å²) in [5.41, 5.74) is 2.36. The summed E-state index contributed by atoms with van der Waals surface area (Å²) in [7, 11) is 1.34. The first-order chi connectivity index (χ1) is 14.1. The van der Waals surface area contributed by atoms with Gasteiger partial charge in [0.05, 0.1) is 25.0 Å². The molecule has 6 heteroatoms. The van der Waals surface area contributed by atoms with Gasteiger partial charge >= 0.3 is 5.97 Å². The number of likely N-dealkylation sites (tertiary alicyclic amines) is 1. The van der Waals surface area contributed by atoms with Crippen LogP contribution in [-0.4, -0.2) is 42.9 Å². The molecule has 0 aliphatic carbocycles. The Bertz CT molecular complexity index is 849. The van der Waals surface area contributed by atoms with Crippen molar-refractivity contribution in [1.82, 2.24) is 10.2 Å². The summed E-state index contributed by atoms with van der Waals surface area (Å²) in [5.74, 6) is -0.563. The van der Waals surface area contributed by atoms with E-state index >= 15 is 0 Å². The molecule has 2 aromatic rings. The quantitative estimate of drug-likeness (QED) is 0.764. The van der Waals surface area contributed by atoms with Crippen molar-refractivity contribution in [3.8, 4) is 0 Å². The van der Waals surface area contributed by atoms with E-state index in [1.807, 2.05) is 30.3 Å². The van der Waals surface area contributed by atoms with Crippen LogP contribution in [0.25, 0.3) is 0 Å². The van der Waals surface area contributed by atoms with E-state index in [0.717, 1.165) is 24.0 Å². The molecule has 1 N–H and O–H groups in total. The van der Waals surface area contributed by atoms with Crippen LogP contribution >= 0.6 is 0 Å². The van der Waals surface area contributed by atoms with Crippen molar-refractivity contribution < 1.29 is 19.1 Å². The summed E-state index contributed by atoms with van der Waals surface area (Å²) in [6.45, 7) is 1.54. The Morgan fingerprint density at radius 2 is 1.76 bits per heavy atom. The number of piperidine rings is 1. The van der Waals surface area contributed by atoms with Gasteiger partial charge in [-0.2, -0.15) is 0 Å². The van der Waals surface area contributed by atoms with Crippen molar-refractivity contribution in [3.63, 3.8) is 0 Å². The van der Waals surface area contributed by atoms with Crippen molar-refractivity contribution in [2.75, 3.05) is 20.2 Å².